The summed E-state index contributed by atoms with van der Waals surface area (Å²) in [7, 11) is 3.59. The molecule has 1 saturated heterocycles. The van der Waals surface area contributed by atoms with Crippen LogP contribution in [0.2, 0.25) is 0 Å². The number of fused-ring (bicyclic) bond motifs is 1. The van der Waals surface area contributed by atoms with Crippen molar-refractivity contribution in [2.45, 2.75) is 19.4 Å². The normalized spacial score (nSPS) is 16.6. The molecular formula is C21H22N2O3. The van der Waals surface area contributed by atoms with Crippen LogP contribution in [0.25, 0.3) is 10.9 Å². The average Bonchev–Trinajstić information content (AvgIpc) is 2.84. The largest absolute Gasteiger partial charge is 0.508 e. The summed E-state index contributed by atoms with van der Waals surface area (Å²) in [6.07, 6.45) is 0.938. The van der Waals surface area contributed by atoms with E-state index in [2.05, 4.69) is 0 Å². The molecule has 0 aliphatic carbocycles. The van der Waals surface area contributed by atoms with Gasteiger partial charge in [-0.25, -0.2) is 0 Å². The van der Waals surface area contributed by atoms with Crippen molar-refractivity contribution in [2.24, 2.45) is 7.05 Å². The van der Waals surface area contributed by atoms with Gasteiger partial charge in [-0.2, -0.15) is 0 Å². The Labute approximate surface area is 152 Å². The third kappa shape index (κ3) is 2.43. The number of amides is 1. The number of aryl methyl sites for hydroxylation is 1. The molecular weight excluding hydrogens is 328 g/mol. The number of rotatable bonds is 3. The quantitative estimate of drug-likeness (QED) is 0.782. The van der Waals surface area contributed by atoms with Gasteiger partial charge < -0.3 is 19.3 Å². The molecule has 0 spiro atoms. The zero-order chi connectivity index (χ0) is 18.4. The molecule has 0 unspecified atom stereocenters. The second-order valence-electron chi connectivity index (χ2n) is 6.80. The number of aromatic hydroxyl groups is 1. The van der Waals surface area contributed by atoms with E-state index in [1.807, 2.05) is 53.8 Å². The average molecular weight is 350 g/mol. The molecule has 1 aliphatic heterocycles. The van der Waals surface area contributed by atoms with Crippen molar-refractivity contribution in [3.05, 3.63) is 59.3 Å². The molecule has 0 bridgehead atoms. The Bertz CT molecular complexity index is 1010. The molecule has 5 nitrogen and oxygen atoms in total. The van der Waals surface area contributed by atoms with Gasteiger partial charge in [-0.15, -0.1) is 0 Å². The van der Waals surface area contributed by atoms with Gasteiger partial charge in [0.15, 0.2) is 0 Å². The van der Waals surface area contributed by atoms with Crippen molar-refractivity contribution in [2.75, 3.05) is 13.7 Å². The van der Waals surface area contributed by atoms with Gasteiger partial charge >= 0.3 is 0 Å². The molecule has 1 atom stereocenters. The Morgan fingerprint density at radius 3 is 2.73 bits per heavy atom. The van der Waals surface area contributed by atoms with Gasteiger partial charge in [-0.1, -0.05) is 12.1 Å². The van der Waals surface area contributed by atoms with Crippen molar-refractivity contribution in [1.29, 1.82) is 0 Å². The number of aromatic nitrogens is 1. The van der Waals surface area contributed by atoms with Crippen molar-refractivity contribution in [3.8, 4) is 11.5 Å². The molecule has 134 valence electrons. The Hall–Kier alpha value is -2.95. The second-order valence-corrected chi connectivity index (χ2v) is 6.80. The number of carbonyl (C=O) groups is 1. The number of phenolic OH excluding ortho intramolecular Hbond substituents is 1. The van der Waals surface area contributed by atoms with Crippen LogP contribution < -0.4 is 4.74 Å². The third-order valence-electron chi connectivity index (χ3n) is 5.45. The van der Waals surface area contributed by atoms with Crippen LogP contribution in [0.3, 0.4) is 0 Å². The molecule has 2 heterocycles. The van der Waals surface area contributed by atoms with Crippen LogP contribution in [-0.4, -0.2) is 34.1 Å². The molecule has 0 radical (unpaired) electrons. The highest BCUT2D eigenvalue weighted by Gasteiger charge is 2.36. The smallest absolute Gasteiger partial charge is 0.256 e. The summed E-state index contributed by atoms with van der Waals surface area (Å²) >= 11 is 0. The fraction of sp³-hybridized carbons (Fsp3) is 0.286. The van der Waals surface area contributed by atoms with Gasteiger partial charge in [0.2, 0.25) is 0 Å². The molecule has 2 aromatic carbocycles. The highest BCUT2D eigenvalue weighted by molar-refractivity contribution is 6.09. The van der Waals surface area contributed by atoms with Crippen LogP contribution in [0.4, 0.5) is 0 Å². The zero-order valence-electron chi connectivity index (χ0n) is 15.2. The minimum atomic E-state index is 0.0118. The SMILES string of the molecule is COc1cccc([C@H]2CCN2C(=O)c2c(C)n(C)c3ccc(O)cc23)c1. The lowest BCUT2D eigenvalue weighted by Gasteiger charge is -2.41. The predicted molar refractivity (Wildman–Crippen MR) is 101 cm³/mol. The molecule has 5 heteroatoms. The van der Waals surface area contributed by atoms with Gasteiger partial charge in [0.25, 0.3) is 5.91 Å². The minimum Gasteiger partial charge on any atom is -0.508 e. The summed E-state index contributed by atoms with van der Waals surface area (Å²) in [6, 6.07) is 13.1. The topological polar surface area (TPSA) is 54.7 Å². The molecule has 3 aromatic rings. The molecule has 1 aliphatic rings. The van der Waals surface area contributed by atoms with Crippen LogP contribution in [0, 0.1) is 6.92 Å². The molecule has 1 aromatic heterocycles. The van der Waals surface area contributed by atoms with E-state index in [0.717, 1.165) is 40.9 Å². The number of hydrogen-bond donors (Lipinski definition) is 1. The van der Waals surface area contributed by atoms with E-state index in [9.17, 15) is 9.90 Å². The maximum atomic E-state index is 13.3. The maximum absolute atomic E-state index is 13.3. The zero-order valence-corrected chi connectivity index (χ0v) is 15.2. The standard InChI is InChI=1S/C21H22N2O3/c1-13-20(17-12-15(24)7-8-19(17)22(13)2)21(25)23-10-9-18(23)14-5-4-6-16(11-14)26-3/h4-8,11-12,18,24H,9-10H2,1-3H3/t18-/m1/s1. The van der Waals surface area contributed by atoms with Crippen LogP contribution in [-0.2, 0) is 7.05 Å². The van der Waals surface area contributed by atoms with Crippen LogP contribution >= 0.6 is 0 Å². The highest BCUT2D eigenvalue weighted by Crippen LogP contribution is 2.38. The van der Waals surface area contributed by atoms with E-state index in [1.54, 1.807) is 19.2 Å². The third-order valence-corrected chi connectivity index (χ3v) is 5.45. The fourth-order valence-electron chi connectivity index (χ4n) is 3.80. The molecule has 1 fully saturated rings. The lowest BCUT2D eigenvalue weighted by atomic mass is 9.93. The summed E-state index contributed by atoms with van der Waals surface area (Å²) < 4.78 is 7.32. The Morgan fingerprint density at radius 1 is 1.23 bits per heavy atom. The van der Waals surface area contributed by atoms with Crippen LogP contribution in [0.15, 0.2) is 42.5 Å². The summed E-state index contributed by atoms with van der Waals surface area (Å²) in [4.78, 5) is 15.2. The lowest BCUT2D eigenvalue weighted by molar-refractivity contribution is 0.0461. The predicted octanol–water partition coefficient (Wildman–Crippen LogP) is 3.79. The monoisotopic (exact) mass is 350 g/mol. The Balaban J connectivity index is 1.73. The number of phenols is 1. The van der Waals surface area contributed by atoms with Gasteiger partial charge in [-0.05, 0) is 49.2 Å². The Kier molecular flexibility index (Phi) is 3.87. The first-order valence-corrected chi connectivity index (χ1v) is 8.74. The number of likely N-dealkylation sites (tertiary alicyclic amines) is 1. The van der Waals surface area contributed by atoms with E-state index in [-0.39, 0.29) is 17.7 Å². The number of ether oxygens (including phenoxy) is 1. The maximum Gasteiger partial charge on any atom is 0.256 e. The van der Waals surface area contributed by atoms with E-state index in [1.165, 1.54) is 0 Å². The van der Waals surface area contributed by atoms with E-state index < -0.39 is 0 Å². The van der Waals surface area contributed by atoms with Gasteiger partial charge in [-0.3, -0.25) is 4.79 Å². The van der Waals surface area contributed by atoms with Crippen LogP contribution in [0.1, 0.15) is 34.1 Å². The number of carbonyl (C=O) groups excluding carboxylic acids is 1. The molecule has 1 amide bonds. The molecule has 0 saturated carbocycles. The van der Waals surface area contributed by atoms with Crippen molar-refractivity contribution in [1.82, 2.24) is 9.47 Å². The van der Waals surface area contributed by atoms with Crippen molar-refractivity contribution < 1.29 is 14.6 Å². The number of methoxy groups -OCH3 is 1. The van der Waals surface area contributed by atoms with Crippen molar-refractivity contribution in [3.63, 3.8) is 0 Å². The van der Waals surface area contributed by atoms with Gasteiger partial charge in [0.1, 0.15) is 11.5 Å². The first kappa shape index (κ1) is 16.5. The summed E-state index contributed by atoms with van der Waals surface area (Å²) in [5.41, 5.74) is 3.62. The summed E-state index contributed by atoms with van der Waals surface area (Å²) in [5.74, 6) is 0.982. The second kappa shape index (κ2) is 6.09. The van der Waals surface area contributed by atoms with E-state index in [4.69, 9.17) is 4.74 Å². The Morgan fingerprint density at radius 2 is 2.04 bits per heavy atom. The lowest BCUT2D eigenvalue weighted by Crippen LogP contribution is -2.45. The fourth-order valence-corrected chi connectivity index (χ4v) is 3.80. The van der Waals surface area contributed by atoms with Gasteiger partial charge in [0, 0.05) is 30.2 Å². The molecule has 1 N–H and O–H groups in total. The number of hydrogen-bond acceptors (Lipinski definition) is 3. The minimum absolute atomic E-state index is 0.0118. The number of nitrogens with zero attached hydrogens (tertiary/aromatic N) is 2. The summed E-state index contributed by atoms with van der Waals surface area (Å²) in [5, 5.41) is 10.7. The highest BCUT2D eigenvalue weighted by atomic mass is 16.5. The van der Waals surface area contributed by atoms with Crippen molar-refractivity contribution >= 4 is 16.8 Å². The molecule has 26 heavy (non-hydrogen) atoms. The summed E-state index contributed by atoms with van der Waals surface area (Å²) in [6.45, 7) is 2.68. The molecule has 4 rings (SSSR count). The first-order valence-electron chi connectivity index (χ1n) is 8.74. The van der Waals surface area contributed by atoms with Gasteiger partial charge in [0.05, 0.1) is 18.7 Å². The van der Waals surface area contributed by atoms with E-state index in [0.29, 0.717) is 5.56 Å². The number of benzene rings is 2. The first-order chi connectivity index (χ1) is 12.5. The van der Waals surface area contributed by atoms with Crippen LogP contribution in [0.5, 0.6) is 11.5 Å². The van der Waals surface area contributed by atoms with E-state index >= 15 is 0 Å².